The summed E-state index contributed by atoms with van der Waals surface area (Å²) in [7, 11) is 0. The summed E-state index contributed by atoms with van der Waals surface area (Å²) in [6, 6.07) is -0.311. The van der Waals surface area contributed by atoms with E-state index in [1.165, 1.54) is 0 Å². The van der Waals surface area contributed by atoms with E-state index in [4.69, 9.17) is 0 Å². The number of rotatable bonds is 4. The number of carbonyl (C=O) groups excluding carboxylic acids is 1. The molecule has 2 aliphatic rings. The highest BCUT2D eigenvalue weighted by atomic mass is 19.3. The van der Waals surface area contributed by atoms with Gasteiger partial charge in [0.2, 0.25) is 5.91 Å². The summed E-state index contributed by atoms with van der Waals surface area (Å²) in [5.41, 5.74) is 0. The molecule has 6 heteroatoms. The van der Waals surface area contributed by atoms with Crippen LogP contribution in [0, 0.1) is 5.92 Å². The first-order chi connectivity index (χ1) is 9.70. The number of amides is 1. The Morgan fingerprint density at radius 3 is 2.33 bits per heavy atom. The molecule has 2 aliphatic heterocycles. The van der Waals surface area contributed by atoms with Crippen LogP contribution in [0.3, 0.4) is 0 Å². The third-order valence-corrected chi connectivity index (χ3v) is 4.61. The van der Waals surface area contributed by atoms with E-state index in [9.17, 15) is 13.6 Å². The molecule has 2 fully saturated rings. The van der Waals surface area contributed by atoms with Gasteiger partial charge in [-0.2, -0.15) is 0 Å². The molecule has 0 bridgehead atoms. The third-order valence-electron chi connectivity index (χ3n) is 4.61. The Bertz CT molecular complexity index is 381. The van der Waals surface area contributed by atoms with Crippen LogP contribution in [0.4, 0.5) is 8.78 Å². The lowest BCUT2D eigenvalue weighted by Crippen LogP contribution is -2.67. The predicted octanol–water partition coefficient (Wildman–Crippen LogP) is 1.56. The number of carbonyl (C=O) groups is 1. The van der Waals surface area contributed by atoms with E-state index in [2.05, 4.69) is 24.1 Å². The van der Waals surface area contributed by atoms with Gasteiger partial charge in [0.15, 0.2) is 0 Å². The smallest absolute Gasteiger partial charge is 0.280 e. The Labute approximate surface area is 125 Å². The maximum Gasteiger partial charge on any atom is 0.280 e. The summed E-state index contributed by atoms with van der Waals surface area (Å²) < 4.78 is 28.5. The quantitative estimate of drug-likeness (QED) is 0.856. The van der Waals surface area contributed by atoms with E-state index in [1.807, 2.05) is 4.90 Å². The van der Waals surface area contributed by atoms with E-state index in [1.54, 1.807) is 13.8 Å². The minimum absolute atomic E-state index is 0.236. The standard InChI is InChI=1S/C15H27F2N3O/c1-10(2)14(21)18-13-5-6-19(9-15(13,16)17)12-7-20(8-12)11(3)4/h10-13H,5-9H2,1-4H3,(H,18,21). The van der Waals surface area contributed by atoms with Crippen molar-refractivity contribution in [2.75, 3.05) is 26.2 Å². The van der Waals surface area contributed by atoms with Gasteiger partial charge in [0.05, 0.1) is 12.6 Å². The van der Waals surface area contributed by atoms with Gasteiger partial charge < -0.3 is 5.32 Å². The molecule has 122 valence electrons. The molecule has 1 atom stereocenters. The molecule has 0 aromatic heterocycles. The molecule has 2 saturated heterocycles. The monoisotopic (exact) mass is 303 g/mol. The zero-order valence-electron chi connectivity index (χ0n) is 13.4. The summed E-state index contributed by atoms with van der Waals surface area (Å²) in [5, 5.41) is 2.51. The van der Waals surface area contributed by atoms with Crippen LogP contribution < -0.4 is 5.32 Å². The molecule has 0 saturated carbocycles. The van der Waals surface area contributed by atoms with Gasteiger partial charge in [-0.1, -0.05) is 13.8 Å². The molecule has 0 spiro atoms. The number of piperidine rings is 1. The SMILES string of the molecule is CC(C)C(=O)NC1CCN(C2CN(C(C)C)C2)CC1(F)F. The third kappa shape index (κ3) is 3.72. The molecule has 1 unspecified atom stereocenters. The molecule has 21 heavy (non-hydrogen) atoms. The lowest BCUT2D eigenvalue weighted by atomic mass is 9.95. The van der Waals surface area contributed by atoms with Crippen molar-refractivity contribution in [3.63, 3.8) is 0 Å². The molecule has 0 aromatic rings. The molecule has 0 radical (unpaired) electrons. The van der Waals surface area contributed by atoms with Crippen molar-refractivity contribution in [3.8, 4) is 0 Å². The largest absolute Gasteiger partial charge is 0.347 e. The summed E-state index contributed by atoms with van der Waals surface area (Å²) >= 11 is 0. The van der Waals surface area contributed by atoms with Gasteiger partial charge in [0.1, 0.15) is 0 Å². The molecule has 1 amide bonds. The van der Waals surface area contributed by atoms with Crippen molar-refractivity contribution in [3.05, 3.63) is 0 Å². The van der Waals surface area contributed by atoms with E-state index in [0.29, 0.717) is 19.0 Å². The first-order valence-electron chi connectivity index (χ1n) is 7.87. The van der Waals surface area contributed by atoms with Crippen molar-refractivity contribution in [2.45, 2.75) is 58.2 Å². The van der Waals surface area contributed by atoms with Crippen LogP contribution in [0.15, 0.2) is 0 Å². The predicted molar refractivity (Wildman–Crippen MR) is 78.4 cm³/mol. The molecule has 0 aliphatic carbocycles. The maximum absolute atomic E-state index is 14.2. The highest BCUT2D eigenvalue weighted by Crippen LogP contribution is 2.31. The second-order valence-electron chi connectivity index (χ2n) is 6.94. The number of nitrogens with zero attached hydrogens (tertiary/aromatic N) is 2. The number of hydrogen-bond donors (Lipinski definition) is 1. The molecule has 2 heterocycles. The fourth-order valence-corrected chi connectivity index (χ4v) is 2.93. The zero-order valence-corrected chi connectivity index (χ0v) is 13.4. The zero-order chi connectivity index (χ0) is 15.8. The molecular formula is C15H27F2N3O. The normalized spacial score (nSPS) is 27.9. The van der Waals surface area contributed by atoms with Crippen molar-refractivity contribution in [1.82, 2.24) is 15.1 Å². The van der Waals surface area contributed by atoms with Crippen molar-refractivity contribution >= 4 is 5.91 Å². The fraction of sp³-hybridized carbons (Fsp3) is 0.933. The molecular weight excluding hydrogens is 276 g/mol. The Morgan fingerprint density at radius 2 is 1.86 bits per heavy atom. The summed E-state index contributed by atoms with van der Waals surface area (Å²) in [5.74, 6) is -3.39. The second-order valence-corrected chi connectivity index (χ2v) is 6.94. The number of halogens is 2. The van der Waals surface area contributed by atoms with Crippen LogP contribution in [0.5, 0.6) is 0 Å². The van der Waals surface area contributed by atoms with Gasteiger partial charge in [0.25, 0.3) is 5.92 Å². The Kier molecular flexibility index (Phi) is 4.88. The van der Waals surface area contributed by atoms with E-state index >= 15 is 0 Å². The van der Waals surface area contributed by atoms with Crippen LogP contribution in [0.1, 0.15) is 34.1 Å². The fourth-order valence-electron chi connectivity index (χ4n) is 2.93. The van der Waals surface area contributed by atoms with Crippen molar-refractivity contribution in [1.29, 1.82) is 0 Å². The highest BCUT2D eigenvalue weighted by molar-refractivity contribution is 5.78. The van der Waals surface area contributed by atoms with E-state index in [-0.39, 0.29) is 24.4 Å². The first kappa shape index (κ1) is 16.6. The summed E-state index contributed by atoms with van der Waals surface area (Å²) in [4.78, 5) is 15.8. The van der Waals surface area contributed by atoms with Crippen LogP contribution in [-0.2, 0) is 4.79 Å². The average molecular weight is 303 g/mol. The average Bonchev–Trinajstić information content (AvgIpc) is 2.29. The van der Waals surface area contributed by atoms with Crippen molar-refractivity contribution < 1.29 is 13.6 Å². The van der Waals surface area contributed by atoms with Gasteiger partial charge in [-0.3, -0.25) is 14.6 Å². The second kappa shape index (κ2) is 6.16. The minimum Gasteiger partial charge on any atom is -0.347 e. The number of alkyl halides is 2. The summed E-state index contributed by atoms with van der Waals surface area (Å²) in [6.07, 6.45) is 0.323. The molecule has 0 aromatic carbocycles. The van der Waals surface area contributed by atoms with Crippen LogP contribution in [0.2, 0.25) is 0 Å². The van der Waals surface area contributed by atoms with Gasteiger partial charge in [0, 0.05) is 37.6 Å². The van der Waals surface area contributed by atoms with Crippen LogP contribution in [0.25, 0.3) is 0 Å². The van der Waals surface area contributed by atoms with Gasteiger partial charge >= 0.3 is 0 Å². The van der Waals surface area contributed by atoms with E-state index < -0.39 is 12.0 Å². The topological polar surface area (TPSA) is 35.6 Å². The highest BCUT2D eigenvalue weighted by Gasteiger charge is 2.48. The Hall–Kier alpha value is -0.750. The minimum atomic E-state index is -2.85. The van der Waals surface area contributed by atoms with Gasteiger partial charge in [-0.25, -0.2) is 8.78 Å². The molecule has 4 nitrogen and oxygen atoms in total. The number of hydrogen-bond acceptors (Lipinski definition) is 3. The van der Waals surface area contributed by atoms with Gasteiger partial charge in [-0.15, -0.1) is 0 Å². The maximum atomic E-state index is 14.2. The van der Waals surface area contributed by atoms with E-state index in [0.717, 1.165) is 13.1 Å². The van der Waals surface area contributed by atoms with Gasteiger partial charge in [-0.05, 0) is 20.3 Å². The van der Waals surface area contributed by atoms with Crippen molar-refractivity contribution in [2.24, 2.45) is 5.92 Å². The number of likely N-dealkylation sites (tertiary alicyclic amines) is 2. The lowest BCUT2D eigenvalue weighted by molar-refractivity contribution is -0.139. The lowest BCUT2D eigenvalue weighted by Gasteiger charge is -2.50. The molecule has 1 N–H and O–H groups in total. The number of nitrogens with one attached hydrogen (secondary N) is 1. The first-order valence-corrected chi connectivity index (χ1v) is 7.87. The Balaban J connectivity index is 1.87. The summed E-state index contributed by atoms with van der Waals surface area (Å²) in [6.45, 7) is 9.82. The van der Waals surface area contributed by atoms with Crippen LogP contribution >= 0.6 is 0 Å². The van der Waals surface area contributed by atoms with Crippen LogP contribution in [-0.4, -0.2) is 65.9 Å². The Morgan fingerprint density at radius 1 is 1.24 bits per heavy atom. The molecule has 2 rings (SSSR count).